The fourth-order valence-corrected chi connectivity index (χ4v) is 1.97. The minimum absolute atomic E-state index is 0.0786. The molecule has 1 heterocycles. The van der Waals surface area contributed by atoms with E-state index in [1.165, 1.54) is 22.9 Å². The van der Waals surface area contributed by atoms with Crippen LogP contribution in [0.1, 0.15) is 18.9 Å². The van der Waals surface area contributed by atoms with Crippen LogP contribution in [0.5, 0.6) is 0 Å². The summed E-state index contributed by atoms with van der Waals surface area (Å²) >= 11 is 0. The van der Waals surface area contributed by atoms with Crippen LogP contribution in [0, 0.1) is 0 Å². The Morgan fingerprint density at radius 2 is 1.74 bits per heavy atom. The van der Waals surface area contributed by atoms with Gasteiger partial charge in [-0.05, 0) is 6.42 Å². The van der Waals surface area contributed by atoms with Crippen LogP contribution in [0.3, 0.4) is 0 Å². The molecule has 3 nitrogen and oxygen atoms in total. The van der Waals surface area contributed by atoms with Crippen molar-refractivity contribution in [2.75, 3.05) is 0 Å². The zero-order chi connectivity index (χ0) is 13.9. The summed E-state index contributed by atoms with van der Waals surface area (Å²) in [6.45, 7) is 1.84. The summed E-state index contributed by atoms with van der Waals surface area (Å²) in [4.78, 5) is 11.9. The van der Waals surface area contributed by atoms with Crippen molar-refractivity contribution in [2.45, 2.75) is 32.4 Å². The van der Waals surface area contributed by atoms with Gasteiger partial charge >= 0.3 is 5.69 Å². The predicted molar refractivity (Wildman–Crippen MR) is 69.3 cm³/mol. The van der Waals surface area contributed by atoms with Gasteiger partial charge in [0.1, 0.15) is 0 Å². The second-order valence-corrected chi connectivity index (χ2v) is 4.47. The molecule has 0 bridgehead atoms. The lowest BCUT2D eigenvalue weighted by Gasteiger charge is -2.16. The molecule has 2 aromatic rings. The average molecular weight is 266 g/mol. The molecule has 0 aliphatic heterocycles. The molecule has 1 aromatic heterocycles. The van der Waals surface area contributed by atoms with E-state index in [-0.39, 0.29) is 5.56 Å². The average Bonchev–Trinajstić information content (AvgIpc) is 2.73. The largest absolute Gasteiger partial charge is 0.328 e. The number of nitrogens with zero attached hydrogens (tertiary/aromatic N) is 2. The van der Waals surface area contributed by atoms with Gasteiger partial charge in [-0.15, -0.1) is 0 Å². The molecule has 0 saturated heterocycles. The number of aromatic nitrogens is 2. The molecule has 0 unspecified atom stereocenters. The Bertz CT molecular complexity index is 587. The first-order valence-electron chi connectivity index (χ1n) is 6.23. The van der Waals surface area contributed by atoms with Gasteiger partial charge in [0.15, 0.2) is 0 Å². The topological polar surface area (TPSA) is 26.9 Å². The Labute approximate surface area is 110 Å². The maximum absolute atomic E-state index is 14.0. The first-order chi connectivity index (χ1) is 9.04. The summed E-state index contributed by atoms with van der Waals surface area (Å²) < 4.78 is 30.6. The lowest BCUT2D eigenvalue weighted by molar-refractivity contribution is -0.0232. The number of aryl methyl sites for hydroxylation is 1. The van der Waals surface area contributed by atoms with Crippen LogP contribution in [0.4, 0.5) is 8.78 Å². The summed E-state index contributed by atoms with van der Waals surface area (Å²) in [7, 11) is 0. The first-order valence-corrected chi connectivity index (χ1v) is 6.23. The van der Waals surface area contributed by atoms with Gasteiger partial charge in [0.05, 0.1) is 6.54 Å². The molecule has 102 valence electrons. The van der Waals surface area contributed by atoms with E-state index in [1.54, 1.807) is 24.4 Å². The monoisotopic (exact) mass is 266 g/mol. The molecular formula is C14H16F2N2O. The Balaban J connectivity index is 2.23. The quantitative estimate of drug-likeness (QED) is 0.817. The molecular weight excluding hydrogens is 250 g/mol. The van der Waals surface area contributed by atoms with Gasteiger partial charge < -0.3 is 0 Å². The molecule has 0 amide bonds. The van der Waals surface area contributed by atoms with E-state index in [2.05, 4.69) is 0 Å². The molecule has 0 saturated carbocycles. The van der Waals surface area contributed by atoms with E-state index in [9.17, 15) is 13.6 Å². The highest BCUT2D eigenvalue weighted by molar-refractivity contribution is 5.19. The minimum Gasteiger partial charge on any atom is -0.299 e. The zero-order valence-corrected chi connectivity index (χ0v) is 10.7. The Kier molecular flexibility index (Phi) is 3.83. The molecule has 2 rings (SSSR count). The van der Waals surface area contributed by atoms with E-state index in [4.69, 9.17) is 0 Å². The highest BCUT2D eigenvalue weighted by Crippen LogP contribution is 2.29. The molecule has 0 fully saturated rings. The fourth-order valence-electron chi connectivity index (χ4n) is 1.97. The van der Waals surface area contributed by atoms with Crippen LogP contribution in [-0.4, -0.2) is 9.13 Å². The maximum atomic E-state index is 14.0. The number of alkyl halides is 2. The van der Waals surface area contributed by atoms with E-state index < -0.39 is 18.2 Å². The van der Waals surface area contributed by atoms with Crippen LogP contribution in [-0.2, 0) is 19.0 Å². The van der Waals surface area contributed by atoms with Crippen LogP contribution < -0.4 is 5.69 Å². The van der Waals surface area contributed by atoms with Crippen LogP contribution >= 0.6 is 0 Å². The van der Waals surface area contributed by atoms with Crippen molar-refractivity contribution in [3.63, 3.8) is 0 Å². The van der Waals surface area contributed by atoms with Crippen molar-refractivity contribution in [1.29, 1.82) is 0 Å². The molecule has 0 aliphatic carbocycles. The lowest BCUT2D eigenvalue weighted by atomic mass is 10.1. The Morgan fingerprint density at radius 1 is 1.11 bits per heavy atom. The Hall–Kier alpha value is -1.91. The normalized spacial score (nSPS) is 11.7. The first kappa shape index (κ1) is 13.5. The number of hydrogen-bond donors (Lipinski definition) is 0. The summed E-state index contributed by atoms with van der Waals surface area (Å²) in [6, 6.07) is 7.55. The van der Waals surface area contributed by atoms with Crippen molar-refractivity contribution in [3.05, 3.63) is 58.8 Å². The van der Waals surface area contributed by atoms with E-state index >= 15 is 0 Å². The summed E-state index contributed by atoms with van der Waals surface area (Å²) in [5.74, 6) is -3.05. The van der Waals surface area contributed by atoms with E-state index in [0.29, 0.717) is 6.54 Å². The van der Waals surface area contributed by atoms with Crippen LogP contribution in [0.2, 0.25) is 0 Å². The second kappa shape index (κ2) is 5.38. The SMILES string of the molecule is CCCn1ccn(CC(F)(F)c2ccccc2)c1=O. The molecule has 5 heteroatoms. The molecule has 1 aromatic carbocycles. The second-order valence-electron chi connectivity index (χ2n) is 4.47. The minimum atomic E-state index is -3.05. The van der Waals surface area contributed by atoms with Crippen molar-refractivity contribution in [1.82, 2.24) is 9.13 Å². The zero-order valence-electron chi connectivity index (χ0n) is 10.7. The van der Waals surface area contributed by atoms with E-state index in [1.807, 2.05) is 6.92 Å². The van der Waals surface area contributed by atoms with Gasteiger partial charge in [-0.2, -0.15) is 8.78 Å². The highest BCUT2D eigenvalue weighted by atomic mass is 19.3. The standard InChI is InChI=1S/C14H16F2N2O/c1-2-8-17-9-10-18(13(17)19)11-14(15,16)12-6-4-3-5-7-12/h3-7,9-10H,2,8,11H2,1H3. The molecule has 0 spiro atoms. The number of benzene rings is 1. The van der Waals surface area contributed by atoms with Crippen LogP contribution in [0.15, 0.2) is 47.5 Å². The van der Waals surface area contributed by atoms with Crippen LogP contribution in [0.25, 0.3) is 0 Å². The third-order valence-corrected chi connectivity index (χ3v) is 2.95. The summed E-state index contributed by atoms with van der Waals surface area (Å²) in [5.41, 5.74) is -0.470. The van der Waals surface area contributed by atoms with Gasteiger partial charge in [0.25, 0.3) is 5.92 Å². The van der Waals surface area contributed by atoms with Crippen molar-refractivity contribution < 1.29 is 8.78 Å². The summed E-state index contributed by atoms with van der Waals surface area (Å²) in [5, 5.41) is 0. The lowest BCUT2D eigenvalue weighted by Crippen LogP contribution is -2.30. The van der Waals surface area contributed by atoms with Crippen molar-refractivity contribution in [3.8, 4) is 0 Å². The maximum Gasteiger partial charge on any atom is 0.328 e. The number of hydrogen-bond acceptors (Lipinski definition) is 1. The van der Waals surface area contributed by atoms with Crippen molar-refractivity contribution >= 4 is 0 Å². The molecule has 0 aliphatic rings. The van der Waals surface area contributed by atoms with Gasteiger partial charge in [0, 0.05) is 24.5 Å². The fraction of sp³-hybridized carbons (Fsp3) is 0.357. The van der Waals surface area contributed by atoms with Gasteiger partial charge in [-0.3, -0.25) is 9.13 Å². The van der Waals surface area contributed by atoms with Crippen molar-refractivity contribution in [2.24, 2.45) is 0 Å². The number of rotatable bonds is 5. The third kappa shape index (κ3) is 2.92. The molecule has 0 radical (unpaired) electrons. The molecule has 0 N–H and O–H groups in total. The van der Waals surface area contributed by atoms with E-state index in [0.717, 1.165) is 11.0 Å². The smallest absolute Gasteiger partial charge is 0.299 e. The number of halogens is 2. The van der Waals surface area contributed by atoms with Gasteiger partial charge in [-0.25, -0.2) is 4.79 Å². The number of imidazole rings is 1. The predicted octanol–water partition coefficient (Wildman–Crippen LogP) is 2.85. The highest BCUT2D eigenvalue weighted by Gasteiger charge is 2.32. The Morgan fingerprint density at radius 3 is 2.37 bits per heavy atom. The third-order valence-electron chi connectivity index (χ3n) is 2.95. The van der Waals surface area contributed by atoms with Gasteiger partial charge in [-0.1, -0.05) is 37.3 Å². The molecule has 0 atom stereocenters. The summed E-state index contributed by atoms with van der Waals surface area (Å²) in [6.07, 6.45) is 3.75. The molecule has 19 heavy (non-hydrogen) atoms. The van der Waals surface area contributed by atoms with Gasteiger partial charge in [0.2, 0.25) is 0 Å².